The average molecular weight is 425 g/mol. The van der Waals surface area contributed by atoms with Crippen LogP contribution in [-0.2, 0) is 17.8 Å². The van der Waals surface area contributed by atoms with Gasteiger partial charge in [-0.25, -0.2) is 4.39 Å². The van der Waals surface area contributed by atoms with Gasteiger partial charge in [0.1, 0.15) is 11.6 Å². The molecule has 0 radical (unpaired) electrons. The van der Waals surface area contributed by atoms with Crippen LogP contribution in [0.15, 0.2) is 48.5 Å². The van der Waals surface area contributed by atoms with Crippen molar-refractivity contribution in [2.24, 2.45) is 5.41 Å². The molecule has 2 aliphatic rings. The molecule has 1 spiro atoms. The van der Waals surface area contributed by atoms with E-state index in [-0.39, 0.29) is 17.1 Å². The zero-order valence-electron chi connectivity index (χ0n) is 18.4. The summed E-state index contributed by atoms with van der Waals surface area (Å²) in [6, 6.07) is 14.9. The predicted molar refractivity (Wildman–Crippen MR) is 120 cm³/mol. The Morgan fingerprint density at radius 3 is 2.71 bits per heavy atom. The summed E-state index contributed by atoms with van der Waals surface area (Å²) >= 11 is 0. The lowest BCUT2D eigenvalue weighted by Gasteiger charge is -2.42. The monoisotopic (exact) mass is 424 g/mol. The molecule has 4 nitrogen and oxygen atoms in total. The Labute approximate surface area is 184 Å². The molecule has 0 bridgehead atoms. The third-order valence-electron chi connectivity index (χ3n) is 6.90. The van der Waals surface area contributed by atoms with Gasteiger partial charge in [-0.05, 0) is 86.9 Å². The van der Waals surface area contributed by atoms with Crippen LogP contribution >= 0.6 is 0 Å². The smallest absolute Gasteiger partial charge is 0.260 e. The van der Waals surface area contributed by atoms with Gasteiger partial charge in [-0.3, -0.25) is 9.69 Å². The van der Waals surface area contributed by atoms with Gasteiger partial charge in [-0.1, -0.05) is 36.8 Å². The van der Waals surface area contributed by atoms with E-state index in [1.54, 1.807) is 12.1 Å². The van der Waals surface area contributed by atoms with Gasteiger partial charge in [0.25, 0.3) is 5.91 Å². The maximum absolute atomic E-state index is 13.5. The highest BCUT2D eigenvalue weighted by atomic mass is 19.1. The van der Waals surface area contributed by atoms with Crippen LogP contribution in [0.3, 0.4) is 0 Å². The lowest BCUT2D eigenvalue weighted by atomic mass is 9.74. The molecular weight excluding hydrogens is 391 g/mol. The van der Waals surface area contributed by atoms with Crippen LogP contribution < -0.4 is 10.1 Å². The third-order valence-corrected chi connectivity index (χ3v) is 6.90. The molecule has 1 N–H and O–H groups in total. The van der Waals surface area contributed by atoms with Crippen LogP contribution in [0.2, 0.25) is 0 Å². The number of nitrogens with zero attached hydrogens (tertiary/aromatic N) is 1. The quantitative estimate of drug-likeness (QED) is 0.759. The fraction of sp³-hybridized carbons (Fsp3) is 0.500. The minimum absolute atomic E-state index is 0.0445. The SMILES string of the molecule is C[C@H]1Oc2ccccc2CCCCC2(CCN(Cc3cccc(F)c3)CC2)CNC1=O. The Hall–Kier alpha value is -2.40. The number of piperidine rings is 1. The fourth-order valence-corrected chi connectivity index (χ4v) is 4.90. The van der Waals surface area contributed by atoms with Crippen molar-refractivity contribution in [2.75, 3.05) is 19.6 Å². The highest BCUT2D eigenvalue weighted by Gasteiger charge is 2.35. The van der Waals surface area contributed by atoms with E-state index in [1.807, 2.05) is 31.2 Å². The number of hydrogen-bond acceptors (Lipinski definition) is 3. The summed E-state index contributed by atoms with van der Waals surface area (Å²) in [5.74, 6) is 0.606. The number of hydrogen-bond donors (Lipinski definition) is 1. The number of likely N-dealkylation sites (tertiary alicyclic amines) is 1. The van der Waals surface area contributed by atoms with Gasteiger partial charge in [-0.15, -0.1) is 0 Å². The molecule has 0 aromatic heterocycles. The first-order valence-corrected chi connectivity index (χ1v) is 11.5. The lowest BCUT2D eigenvalue weighted by molar-refractivity contribution is -0.128. The molecule has 4 rings (SSSR count). The van der Waals surface area contributed by atoms with Gasteiger partial charge >= 0.3 is 0 Å². The van der Waals surface area contributed by atoms with Gasteiger partial charge in [0.15, 0.2) is 6.10 Å². The second-order valence-corrected chi connectivity index (χ2v) is 9.20. The first kappa shape index (κ1) is 21.8. The van der Waals surface area contributed by atoms with E-state index in [2.05, 4.69) is 16.3 Å². The number of ether oxygens (including phenoxy) is 1. The van der Waals surface area contributed by atoms with Crippen molar-refractivity contribution in [1.29, 1.82) is 0 Å². The van der Waals surface area contributed by atoms with E-state index in [9.17, 15) is 9.18 Å². The van der Waals surface area contributed by atoms with Crippen molar-refractivity contribution in [1.82, 2.24) is 10.2 Å². The Morgan fingerprint density at radius 1 is 1.10 bits per heavy atom. The fourth-order valence-electron chi connectivity index (χ4n) is 4.90. The predicted octanol–water partition coefficient (Wildman–Crippen LogP) is 4.72. The van der Waals surface area contributed by atoms with Gasteiger partial charge < -0.3 is 10.1 Å². The van der Waals surface area contributed by atoms with Crippen molar-refractivity contribution in [3.05, 3.63) is 65.5 Å². The number of rotatable bonds is 2. The summed E-state index contributed by atoms with van der Waals surface area (Å²) in [5, 5.41) is 3.18. The van der Waals surface area contributed by atoms with Crippen molar-refractivity contribution in [3.8, 4) is 5.75 Å². The summed E-state index contributed by atoms with van der Waals surface area (Å²) in [6.07, 6.45) is 5.96. The minimum Gasteiger partial charge on any atom is -0.481 e. The number of carbonyl (C=O) groups is 1. The number of halogens is 1. The van der Waals surface area contributed by atoms with E-state index in [1.165, 1.54) is 11.6 Å². The first-order chi connectivity index (χ1) is 15.0. The van der Waals surface area contributed by atoms with Crippen LogP contribution in [0, 0.1) is 11.2 Å². The highest BCUT2D eigenvalue weighted by molar-refractivity contribution is 5.80. The number of para-hydroxylation sites is 1. The van der Waals surface area contributed by atoms with Crippen molar-refractivity contribution in [3.63, 3.8) is 0 Å². The molecule has 1 amide bonds. The summed E-state index contributed by atoms with van der Waals surface area (Å²) in [7, 11) is 0. The van der Waals surface area contributed by atoms with Crippen molar-refractivity contribution >= 4 is 5.91 Å². The van der Waals surface area contributed by atoms with Crippen LogP contribution in [0.25, 0.3) is 0 Å². The molecule has 2 aromatic rings. The van der Waals surface area contributed by atoms with E-state index in [4.69, 9.17) is 4.74 Å². The average Bonchev–Trinajstić information content (AvgIpc) is 2.77. The number of carbonyl (C=O) groups excluding carboxylic acids is 1. The largest absolute Gasteiger partial charge is 0.481 e. The Bertz CT molecular complexity index is 892. The molecule has 2 aliphatic heterocycles. The summed E-state index contributed by atoms with van der Waals surface area (Å²) < 4.78 is 19.5. The second-order valence-electron chi connectivity index (χ2n) is 9.20. The Kier molecular flexibility index (Phi) is 6.91. The maximum atomic E-state index is 13.5. The van der Waals surface area contributed by atoms with Crippen molar-refractivity contribution in [2.45, 2.75) is 58.1 Å². The summed E-state index contributed by atoms with van der Waals surface area (Å²) in [5.41, 5.74) is 2.33. The first-order valence-electron chi connectivity index (χ1n) is 11.5. The Balaban J connectivity index is 1.40. The number of amides is 1. The minimum atomic E-state index is -0.509. The number of fused-ring (bicyclic) bond motifs is 1. The van der Waals surface area contributed by atoms with E-state index >= 15 is 0 Å². The zero-order valence-corrected chi connectivity index (χ0v) is 18.4. The van der Waals surface area contributed by atoms with E-state index in [0.717, 1.165) is 69.5 Å². The number of aryl methyl sites for hydroxylation is 1. The normalized spacial score (nSPS) is 22.5. The Morgan fingerprint density at radius 2 is 1.90 bits per heavy atom. The molecule has 0 saturated carbocycles. The molecule has 1 fully saturated rings. The molecule has 2 heterocycles. The molecule has 166 valence electrons. The number of nitrogens with one attached hydrogen (secondary N) is 1. The van der Waals surface area contributed by atoms with Crippen LogP contribution in [-0.4, -0.2) is 36.5 Å². The zero-order chi connectivity index (χ0) is 21.7. The number of benzene rings is 2. The topological polar surface area (TPSA) is 41.6 Å². The van der Waals surface area contributed by atoms with E-state index < -0.39 is 6.10 Å². The molecule has 2 aromatic carbocycles. The van der Waals surface area contributed by atoms with Gasteiger partial charge in [-0.2, -0.15) is 0 Å². The van der Waals surface area contributed by atoms with Gasteiger partial charge in [0, 0.05) is 13.1 Å². The molecule has 0 unspecified atom stereocenters. The van der Waals surface area contributed by atoms with Crippen LogP contribution in [0.4, 0.5) is 4.39 Å². The maximum Gasteiger partial charge on any atom is 0.260 e. The molecular formula is C26H33FN2O2. The summed E-state index contributed by atoms with van der Waals surface area (Å²) in [4.78, 5) is 15.1. The molecule has 5 heteroatoms. The van der Waals surface area contributed by atoms with Crippen molar-refractivity contribution < 1.29 is 13.9 Å². The van der Waals surface area contributed by atoms with Crippen LogP contribution in [0.5, 0.6) is 5.75 Å². The lowest BCUT2D eigenvalue weighted by Crippen LogP contribution is -2.48. The molecule has 1 atom stereocenters. The third kappa shape index (κ3) is 5.65. The molecule has 1 saturated heterocycles. The standard InChI is InChI=1S/C26H33FN2O2/c1-20-25(30)28-19-26(12-5-4-9-22-8-2-3-11-24(22)31-20)13-15-29(16-14-26)18-21-7-6-10-23(27)17-21/h2-3,6-8,10-11,17,20H,4-5,9,12-16,18-19H2,1H3,(H,28,30)/t20-/m1/s1. The molecule has 31 heavy (non-hydrogen) atoms. The van der Waals surface area contributed by atoms with Gasteiger partial charge in [0.2, 0.25) is 0 Å². The summed E-state index contributed by atoms with van der Waals surface area (Å²) in [6.45, 7) is 5.26. The highest BCUT2D eigenvalue weighted by Crippen LogP contribution is 2.37. The van der Waals surface area contributed by atoms with Crippen LogP contribution in [0.1, 0.15) is 50.2 Å². The van der Waals surface area contributed by atoms with Gasteiger partial charge in [0.05, 0.1) is 0 Å². The van der Waals surface area contributed by atoms with E-state index in [0.29, 0.717) is 6.54 Å². The second kappa shape index (κ2) is 9.82. The molecule has 0 aliphatic carbocycles.